The summed E-state index contributed by atoms with van der Waals surface area (Å²) in [5.41, 5.74) is -1.07. The highest BCUT2D eigenvalue weighted by atomic mass is 19.1. The summed E-state index contributed by atoms with van der Waals surface area (Å²) in [5, 5.41) is 5.66. The molecule has 0 radical (unpaired) electrons. The Balaban J connectivity index is 2.19. The number of rotatable bonds is 6. The van der Waals surface area contributed by atoms with Gasteiger partial charge in [0.15, 0.2) is 11.6 Å². The first-order valence-corrected chi connectivity index (χ1v) is 8.33. The minimum absolute atomic E-state index is 0.00683. The molecule has 1 aromatic carbocycles. The topological polar surface area (TPSA) is 67.4 Å². The van der Waals surface area contributed by atoms with E-state index in [0.717, 1.165) is 12.8 Å². The standard InChI is InChI=1S/C18H25FN2O3/c1-12(2)11-20-17(23)18(9-4-5-10-18)21-16(22)13-7-6-8-14(24-3)15(13)19/h6-8,12H,4-5,9-11H2,1-3H3,(H,20,23)(H,21,22). The molecule has 0 bridgehead atoms. The molecule has 1 aromatic rings. The molecule has 2 amide bonds. The molecular weight excluding hydrogens is 311 g/mol. The van der Waals surface area contributed by atoms with E-state index in [1.165, 1.54) is 19.2 Å². The lowest BCUT2D eigenvalue weighted by Crippen LogP contribution is -2.57. The average Bonchev–Trinajstić information content (AvgIpc) is 3.02. The molecule has 5 nitrogen and oxygen atoms in total. The molecule has 132 valence electrons. The number of nitrogens with one attached hydrogen (secondary N) is 2. The summed E-state index contributed by atoms with van der Waals surface area (Å²) in [5.74, 6) is -1.17. The van der Waals surface area contributed by atoms with Crippen molar-refractivity contribution in [3.05, 3.63) is 29.6 Å². The van der Waals surface area contributed by atoms with Crippen LogP contribution < -0.4 is 15.4 Å². The van der Waals surface area contributed by atoms with Gasteiger partial charge in [-0.15, -0.1) is 0 Å². The van der Waals surface area contributed by atoms with Crippen molar-refractivity contribution in [2.75, 3.05) is 13.7 Å². The molecular formula is C18H25FN2O3. The van der Waals surface area contributed by atoms with Crippen LogP contribution in [0, 0.1) is 11.7 Å². The van der Waals surface area contributed by atoms with E-state index in [1.807, 2.05) is 13.8 Å². The maximum Gasteiger partial charge on any atom is 0.255 e. The Bertz CT molecular complexity index is 610. The zero-order chi connectivity index (χ0) is 17.7. The minimum atomic E-state index is -0.957. The molecule has 1 aliphatic carbocycles. The molecule has 1 aliphatic rings. The molecule has 0 unspecified atom stereocenters. The molecule has 24 heavy (non-hydrogen) atoms. The number of carbonyl (C=O) groups is 2. The number of amides is 2. The summed E-state index contributed by atoms with van der Waals surface area (Å²) in [7, 11) is 1.35. The molecule has 0 heterocycles. The maximum absolute atomic E-state index is 14.3. The summed E-state index contributed by atoms with van der Waals surface area (Å²) in [6.07, 6.45) is 2.84. The van der Waals surface area contributed by atoms with Crippen molar-refractivity contribution in [1.29, 1.82) is 0 Å². The Kier molecular flexibility index (Phi) is 5.80. The first kappa shape index (κ1) is 18.2. The number of carbonyl (C=O) groups excluding carboxylic acids is 2. The van der Waals surface area contributed by atoms with Crippen LogP contribution in [0.4, 0.5) is 4.39 Å². The SMILES string of the molecule is COc1cccc(C(=O)NC2(C(=O)NCC(C)C)CCCC2)c1F. The lowest BCUT2D eigenvalue weighted by atomic mass is 9.95. The van der Waals surface area contributed by atoms with E-state index in [1.54, 1.807) is 6.07 Å². The van der Waals surface area contributed by atoms with Crippen molar-refractivity contribution in [2.45, 2.75) is 45.1 Å². The predicted molar refractivity (Wildman–Crippen MR) is 89.5 cm³/mol. The molecule has 0 spiro atoms. The Morgan fingerprint density at radius 1 is 1.29 bits per heavy atom. The van der Waals surface area contributed by atoms with Gasteiger partial charge in [-0.2, -0.15) is 0 Å². The van der Waals surface area contributed by atoms with Gasteiger partial charge >= 0.3 is 0 Å². The van der Waals surface area contributed by atoms with Crippen LogP contribution in [-0.4, -0.2) is 31.0 Å². The number of hydrogen-bond donors (Lipinski definition) is 2. The van der Waals surface area contributed by atoms with Crippen molar-refractivity contribution in [1.82, 2.24) is 10.6 Å². The predicted octanol–water partition coefficient (Wildman–Crippen LogP) is 2.65. The first-order chi connectivity index (χ1) is 11.4. The molecule has 0 aliphatic heterocycles. The van der Waals surface area contributed by atoms with Crippen molar-refractivity contribution in [2.24, 2.45) is 5.92 Å². The third-order valence-electron chi connectivity index (χ3n) is 4.34. The highest BCUT2D eigenvalue weighted by Gasteiger charge is 2.42. The van der Waals surface area contributed by atoms with Gasteiger partial charge in [0.2, 0.25) is 5.91 Å². The monoisotopic (exact) mass is 336 g/mol. The van der Waals surface area contributed by atoms with Gasteiger partial charge in [-0.05, 0) is 30.9 Å². The highest BCUT2D eigenvalue weighted by Crippen LogP contribution is 2.31. The van der Waals surface area contributed by atoms with Crippen molar-refractivity contribution < 1.29 is 18.7 Å². The van der Waals surface area contributed by atoms with Gasteiger partial charge in [0.05, 0.1) is 12.7 Å². The van der Waals surface area contributed by atoms with E-state index < -0.39 is 17.3 Å². The van der Waals surface area contributed by atoms with Crippen molar-refractivity contribution in [3.8, 4) is 5.75 Å². The second-order valence-corrected chi connectivity index (χ2v) is 6.67. The Morgan fingerprint density at radius 2 is 1.96 bits per heavy atom. The van der Waals surface area contributed by atoms with Gasteiger partial charge in [-0.3, -0.25) is 9.59 Å². The second-order valence-electron chi connectivity index (χ2n) is 6.67. The van der Waals surface area contributed by atoms with Crippen LogP contribution in [0.3, 0.4) is 0 Å². The largest absolute Gasteiger partial charge is 0.494 e. The average molecular weight is 336 g/mol. The van der Waals surface area contributed by atoms with E-state index in [0.29, 0.717) is 25.3 Å². The number of halogens is 1. The molecule has 6 heteroatoms. The zero-order valence-corrected chi connectivity index (χ0v) is 14.4. The number of benzene rings is 1. The van der Waals surface area contributed by atoms with Crippen LogP contribution in [0.1, 0.15) is 49.9 Å². The summed E-state index contributed by atoms with van der Waals surface area (Å²) >= 11 is 0. The van der Waals surface area contributed by atoms with Gasteiger partial charge in [0.25, 0.3) is 5.91 Å². The summed E-state index contributed by atoms with van der Waals surface area (Å²) in [4.78, 5) is 25.2. The van der Waals surface area contributed by atoms with E-state index >= 15 is 0 Å². The third kappa shape index (κ3) is 3.86. The molecule has 0 saturated heterocycles. The van der Waals surface area contributed by atoms with E-state index in [-0.39, 0.29) is 17.2 Å². The molecule has 0 aromatic heterocycles. The van der Waals surface area contributed by atoms with Gasteiger partial charge in [-0.25, -0.2) is 4.39 Å². The molecule has 1 saturated carbocycles. The minimum Gasteiger partial charge on any atom is -0.494 e. The fraction of sp³-hybridized carbons (Fsp3) is 0.556. The maximum atomic E-state index is 14.3. The molecule has 2 rings (SSSR count). The lowest BCUT2D eigenvalue weighted by Gasteiger charge is -2.29. The number of methoxy groups -OCH3 is 1. The van der Waals surface area contributed by atoms with Crippen LogP contribution in [0.2, 0.25) is 0 Å². The van der Waals surface area contributed by atoms with E-state index in [9.17, 15) is 14.0 Å². The lowest BCUT2D eigenvalue weighted by molar-refractivity contribution is -0.127. The third-order valence-corrected chi connectivity index (χ3v) is 4.34. The fourth-order valence-corrected chi connectivity index (χ4v) is 2.98. The van der Waals surface area contributed by atoms with Gasteiger partial charge < -0.3 is 15.4 Å². The zero-order valence-electron chi connectivity index (χ0n) is 14.4. The van der Waals surface area contributed by atoms with E-state index in [2.05, 4.69) is 10.6 Å². The Hall–Kier alpha value is -2.11. The molecule has 2 N–H and O–H groups in total. The van der Waals surface area contributed by atoms with Crippen molar-refractivity contribution in [3.63, 3.8) is 0 Å². The van der Waals surface area contributed by atoms with Crippen LogP contribution in [0.5, 0.6) is 5.75 Å². The summed E-state index contributed by atoms with van der Waals surface area (Å²) in [6, 6.07) is 4.39. The van der Waals surface area contributed by atoms with Crippen LogP contribution in [0.15, 0.2) is 18.2 Å². The van der Waals surface area contributed by atoms with Gasteiger partial charge in [0.1, 0.15) is 5.54 Å². The quantitative estimate of drug-likeness (QED) is 0.839. The van der Waals surface area contributed by atoms with Gasteiger partial charge in [0, 0.05) is 6.54 Å². The van der Waals surface area contributed by atoms with Crippen LogP contribution in [-0.2, 0) is 4.79 Å². The summed E-state index contributed by atoms with van der Waals surface area (Å²) in [6.45, 7) is 4.56. The van der Waals surface area contributed by atoms with Crippen LogP contribution in [0.25, 0.3) is 0 Å². The second kappa shape index (κ2) is 7.64. The summed E-state index contributed by atoms with van der Waals surface area (Å²) < 4.78 is 19.2. The number of hydrogen-bond acceptors (Lipinski definition) is 3. The fourth-order valence-electron chi connectivity index (χ4n) is 2.98. The van der Waals surface area contributed by atoms with E-state index in [4.69, 9.17) is 4.74 Å². The number of ether oxygens (including phenoxy) is 1. The highest BCUT2D eigenvalue weighted by molar-refractivity contribution is 5.99. The first-order valence-electron chi connectivity index (χ1n) is 8.33. The normalized spacial score (nSPS) is 16.0. The Morgan fingerprint density at radius 3 is 2.54 bits per heavy atom. The van der Waals surface area contributed by atoms with Crippen LogP contribution >= 0.6 is 0 Å². The van der Waals surface area contributed by atoms with Gasteiger partial charge in [-0.1, -0.05) is 32.8 Å². The smallest absolute Gasteiger partial charge is 0.255 e. The van der Waals surface area contributed by atoms with Crippen molar-refractivity contribution >= 4 is 11.8 Å². The molecule has 0 atom stereocenters. The molecule has 1 fully saturated rings. The Labute approximate surface area is 142 Å².